The zero-order valence-corrected chi connectivity index (χ0v) is 11.7. The van der Waals surface area contributed by atoms with Gasteiger partial charge in [-0.3, -0.25) is 4.79 Å². The van der Waals surface area contributed by atoms with Crippen LogP contribution in [0.3, 0.4) is 0 Å². The Labute approximate surface area is 115 Å². The van der Waals surface area contributed by atoms with Crippen molar-refractivity contribution in [3.63, 3.8) is 0 Å². The first-order valence-corrected chi connectivity index (χ1v) is 7.53. The number of nitrogens with zero attached hydrogens (tertiary/aromatic N) is 2. The number of imidazole rings is 1. The molecule has 1 fully saturated rings. The van der Waals surface area contributed by atoms with Crippen LogP contribution in [-0.2, 0) is 6.54 Å². The second-order valence-electron chi connectivity index (χ2n) is 5.17. The van der Waals surface area contributed by atoms with Crippen molar-refractivity contribution < 1.29 is 0 Å². The van der Waals surface area contributed by atoms with E-state index >= 15 is 0 Å². The molecule has 5 nitrogen and oxygen atoms in total. The predicted octanol–water partition coefficient (Wildman–Crippen LogP) is 1.88. The Morgan fingerprint density at radius 2 is 2.42 bits per heavy atom. The minimum Gasteiger partial charge on any atom is -0.327 e. The Bertz CT molecular complexity index is 600. The van der Waals surface area contributed by atoms with E-state index in [0.29, 0.717) is 18.6 Å². The number of nitrogens with one attached hydrogen (secondary N) is 2. The average Bonchev–Trinajstić information content (AvgIpc) is 2.99. The van der Waals surface area contributed by atoms with Gasteiger partial charge in [-0.05, 0) is 26.2 Å². The van der Waals surface area contributed by atoms with Crippen molar-refractivity contribution in [1.29, 1.82) is 0 Å². The van der Waals surface area contributed by atoms with E-state index in [0.717, 1.165) is 12.1 Å². The molecule has 0 spiro atoms. The van der Waals surface area contributed by atoms with Gasteiger partial charge in [0.2, 0.25) is 0 Å². The summed E-state index contributed by atoms with van der Waals surface area (Å²) in [5, 5.41) is 5.50. The third-order valence-corrected chi connectivity index (χ3v) is 4.35. The van der Waals surface area contributed by atoms with Crippen LogP contribution in [0, 0.1) is 0 Å². The molecule has 2 N–H and O–H groups in total. The van der Waals surface area contributed by atoms with Crippen molar-refractivity contribution in [1.82, 2.24) is 19.9 Å². The Morgan fingerprint density at radius 1 is 1.53 bits per heavy atom. The van der Waals surface area contributed by atoms with Crippen LogP contribution >= 0.6 is 11.3 Å². The molecule has 0 aliphatic carbocycles. The van der Waals surface area contributed by atoms with Gasteiger partial charge in [-0.25, -0.2) is 4.98 Å². The van der Waals surface area contributed by atoms with Crippen LogP contribution in [0.15, 0.2) is 22.7 Å². The van der Waals surface area contributed by atoms with E-state index in [1.165, 1.54) is 29.9 Å². The lowest BCUT2D eigenvalue weighted by Gasteiger charge is -2.29. The summed E-state index contributed by atoms with van der Waals surface area (Å²) in [7, 11) is 0. The van der Waals surface area contributed by atoms with Gasteiger partial charge in [-0.15, -0.1) is 0 Å². The summed E-state index contributed by atoms with van der Waals surface area (Å²) < 4.78 is 2.12. The van der Waals surface area contributed by atoms with Gasteiger partial charge in [0.15, 0.2) is 0 Å². The van der Waals surface area contributed by atoms with E-state index in [-0.39, 0.29) is 4.87 Å². The number of aromatic amines is 1. The molecule has 1 saturated heterocycles. The van der Waals surface area contributed by atoms with Gasteiger partial charge in [0.05, 0.1) is 18.6 Å². The molecule has 6 heteroatoms. The zero-order valence-electron chi connectivity index (χ0n) is 10.9. The van der Waals surface area contributed by atoms with Gasteiger partial charge in [0.25, 0.3) is 0 Å². The van der Waals surface area contributed by atoms with Gasteiger partial charge < -0.3 is 14.9 Å². The smallest absolute Gasteiger partial charge is 0.304 e. The van der Waals surface area contributed by atoms with Crippen molar-refractivity contribution in [3.05, 3.63) is 39.0 Å². The number of aromatic nitrogens is 3. The zero-order chi connectivity index (χ0) is 13.2. The lowest BCUT2D eigenvalue weighted by molar-refractivity contribution is 0.330. The van der Waals surface area contributed by atoms with Crippen LogP contribution in [0.4, 0.5) is 0 Å². The molecule has 2 unspecified atom stereocenters. The maximum Gasteiger partial charge on any atom is 0.304 e. The molecule has 1 aliphatic heterocycles. The standard InChI is InChI=1S/C13H18N4OS/c1-9-3-2-4-11(15-9)12-5-14-8-17(12)6-10-7-19-13(18)16-10/h5,7-9,11,15H,2-4,6H2,1H3,(H,16,18). The molecule has 2 atom stereocenters. The second kappa shape index (κ2) is 5.30. The van der Waals surface area contributed by atoms with Gasteiger partial charge >= 0.3 is 4.87 Å². The normalized spacial score (nSPS) is 23.6. The van der Waals surface area contributed by atoms with Gasteiger partial charge in [0.1, 0.15) is 0 Å². The second-order valence-corrected chi connectivity index (χ2v) is 6.01. The first kappa shape index (κ1) is 12.6. The molecule has 0 saturated carbocycles. The summed E-state index contributed by atoms with van der Waals surface area (Å²) in [5.41, 5.74) is 2.15. The SMILES string of the molecule is CC1CCCC(c2cncn2Cc2csc(=O)[nH]2)N1. The molecule has 3 heterocycles. The topological polar surface area (TPSA) is 62.7 Å². The van der Waals surface area contributed by atoms with Gasteiger partial charge in [-0.1, -0.05) is 11.3 Å². The minimum atomic E-state index is 0.000999. The van der Waals surface area contributed by atoms with Crippen LogP contribution in [-0.4, -0.2) is 20.6 Å². The van der Waals surface area contributed by atoms with E-state index in [9.17, 15) is 4.79 Å². The molecule has 102 valence electrons. The minimum absolute atomic E-state index is 0.000999. The first-order valence-electron chi connectivity index (χ1n) is 6.65. The quantitative estimate of drug-likeness (QED) is 0.901. The van der Waals surface area contributed by atoms with Gasteiger partial charge in [0, 0.05) is 29.4 Å². The molecular formula is C13H18N4OS. The number of hydrogen-bond donors (Lipinski definition) is 2. The summed E-state index contributed by atoms with van der Waals surface area (Å²) >= 11 is 1.21. The van der Waals surface area contributed by atoms with Crippen molar-refractivity contribution >= 4 is 11.3 Å². The fourth-order valence-corrected chi connectivity index (χ4v) is 3.27. The van der Waals surface area contributed by atoms with Crippen LogP contribution in [0.1, 0.15) is 43.6 Å². The molecule has 0 amide bonds. The van der Waals surface area contributed by atoms with Crippen LogP contribution in [0.2, 0.25) is 0 Å². The van der Waals surface area contributed by atoms with Crippen LogP contribution < -0.4 is 10.2 Å². The highest BCUT2D eigenvalue weighted by Gasteiger charge is 2.22. The Kier molecular flexibility index (Phi) is 3.52. The highest BCUT2D eigenvalue weighted by Crippen LogP contribution is 2.25. The van der Waals surface area contributed by atoms with Crippen molar-refractivity contribution in [2.75, 3.05) is 0 Å². The molecule has 19 heavy (non-hydrogen) atoms. The highest BCUT2D eigenvalue weighted by atomic mass is 32.1. The van der Waals surface area contributed by atoms with Crippen LogP contribution in [0.25, 0.3) is 0 Å². The highest BCUT2D eigenvalue weighted by molar-refractivity contribution is 7.07. The largest absolute Gasteiger partial charge is 0.327 e. The number of hydrogen-bond acceptors (Lipinski definition) is 4. The van der Waals surface area contributed by atoms with E-state index in [1.54, 1.807) is 0 Å². The number of H-pyrrole nitrogens is 1. The lowest BCUT2D eigenvalue weighted by atomic mass is 9.97. The van der Waals surface area contributed by atoms with E-state index < -0.39 is 0 Å². The molecule has 1 aliphatic rings. The van der Waals surface area contributed by atoms with E-state index in [2.05, 4.69) is 26.8 Å². The summed E-state index contributed by atoms with van der Waals surface area (Å²) in [6.07, 6.45) is 7.41. The van der Waals surface area contributed by atoms with E-state index in [1.807, 2.05) is 17.9 Å². The summed E-state index contributed by atoms with van der Waals surface area (Å²) in [5.74, 6) is 0. The third kappa shape index (κ3) is 2.79. The predicted molar refractivity (Wildman–Crippen MR) is 75.5 cm³/mol. The Balaban J connectivity index is 1.79. The summed E-state index contributed by atoms with van der Waals surface area (Å²) in [6, 6.07) is 0.930. The Morgan fingerprint density at radius 3 is 3.16 bits per heavy atom. The molecule has 0 radical (unpaired) electrons. The fourth-order valence-electron chi connectivity index (χ4n) is 2.70. The van der Waals surface area contributed by atoms with Crippen molar-refractivity contribution in [3.8, 4) is 0 Å². The maximum absolute atomic E-state index is 11.2. The average molecular weight is 278 g/mol. The van der Waals surface area contributed by atoms with Gasteiger partial charge in [-0.2, -0.15) is 0 Å². The first-order chi connectivity index (χ1) is 9.22. The maximum atomic E-state index is 11.2. The Hall–Kier alpha value is -1.40. The van der Waals surface area contributed by atoms with E-state index in [4.69, 9.17) is 0 Å². The summed E-state index contributed by atoms with van der Waals surface area (Å²) in [6.45, 7) is 2.91. The molecular weight excluding hydrogens is 260 g/mol. The van der Waals surface area contributed by atoms with Crippen molar-refractivity contribution in [2.45, 2.75) is 44.8 Å². The third-order valence-electron chi connectivity index (χ3n) is 3.63. The molecule has 3 rings (SSSR count). The molecule has 0 aromatic carbocycles. The summed E-state index contributed by atoms with van der Waals surface area (Å²) in [4.78, 5) is 18.3. The molecule has 2 aromatic rings. The number of thiazole rings is 1. The fraction of sp³-hybridized carbons (Fsp3) is 0.538. The van der Waals surface area contributed by atoms with Crippen LogP contribution in [0.5, 0.6) is 0 Å². The lowest BCUT2D eigenvalue weighted by Crippen LogP contribution is -2.35. The molecule has 0 bridgehead atoms. The van der Waals surface area contributed by atoms with Crippen molar-refractivity contribution in [2.24, 2.45) is 0 Å². The number of rotatable bonds is 3. The number of piperidine rings is 1. The monoisotopic (exact) mass is 278 g/mol. The molecule has 2 aromatic heterocycles.